The van der Waals surface area contributed by atoms with Gasteiger partial charge in [0.1, 0.15) is 6.10 Å². The first-order valence-corrected chi connectivity index (χ1v) is 6.90. The summed E-state index contributed by atoms with van der Waals surface area (Å²) in [5, 5.41) is 0. The molecule has 2 aliphatic heterocycles. The van der Waals surface area contributed by atoms with Gasteiger partial charge in [-0.2, -0.15) is 0 Å². The van der Waals surface area contributed by atoms with E-state index in [4.69, 9.17) is 10.5 Å². The van der Waals surface area contributed by atoms with Crippen molar-refractivity contribution in [3.05, 3.63) is 0 Å². The molecule has 4 heteroatoms. The Labute approximate surface area is 102 Å². The van der Waals surface area contributed by atoms with E-state index in [1.807, 2.05) is 4.90 Å². The van der Waals surface area contributed by atoms with Gasteiger partial charge in [0.2, 0.25) is 0 Å². The van der Waals surface area contributed by atoms with Crippen LogP contribution in [-0.2, 0) is 9.53 Å². The van der Waals surface area contributed by atoms with Crippen molar-refractivity contribution in [2.24, 2.45) is 17.6 Å². The Bertz CT molecular complexity index is 302. The van der Waals surface area contributed by atoms with Gasteiger partial charge in [0.25, 0.3) is 5.91 Å². The second-order valence-electron chi connectivity index (χ2n) is 5.84. The number of hydrogen-bond acceptors (Lipinski definition) is 3. The lowest BCUT2D eigenvalue weighted by Crippen LogP contribution is -2.37. The fourth-order valence-corrected chi connectivity index (χ4v) is 3.62. The van der Waals surface area contributed by atoms with Crippen molar-refractivity contribution in [2.45, 2.75) is 44.2 Å². The number of carbonyl (C=O) groups excluding carboxylic acids is 1. The molecule has 3 aliphatic rings. The Morgan fingerprint density at radius 2 is 2.00 bits per heavy atom. The number of fused-ring (bicyclic) bond motifs is 1. The Morgan fingerprint density at radius 1 is 1.18 bits per heavy atom. The van der Waals surface area contributed by atoms with Gasteiger partial charge in [-0.05, 0) is 43.9 Å². The SMILES string of the molecule is NC1CC[C@@H]2CN(C(=O)[C@@H]3CCCO3)C[C@@H]2C1. The van der Waals surface area contributed by atoms with Gasteiger partial charge in [0.15, 0.2) is 0 Å². The van der Waals surface area contributed by atoms with Crippen molar-refractivity contribution >= 4 is 5.91 Å². The average Bonchev–Trinajstić information content (AvgIpc) is 2.96. The summed E-state index contributed by atoms with van der Waals surface area (Å²) in [6.45, 7) is 2.61. The third-order valence-corrected chi connectivity index (χ3v) is 4.61. The van der Waals surface area contributed by atoms with Crippen molar-refractivity contribution in [3.63, 3.8) is 0 Å². The molecule has 1 aliphatic carbocycles. The molecule has 2 N–H and O–H groups in total. The zero-order valence-corrected chi connectivity index (χ0v) is 10.3. The van der Waals surface area contributed by atoms with Crippen LogP contribution in [0, 0.1) is 11.8 Å². The summed E-state index contributed by atoms with van der Waals surface area (Å²) in [7, 11) is 0. The Morgan fingerprint density at radius 3 is 2.76 bits per heavy atom. The van der Waals surface area contributed by atoms with E-state index < -0.39 is 0 Å². The van der Waals surface area contributed by atoms with Crippen LogP contribution in [0.2, 0.25) is 0 Å². The largest absolute Gasteiger partial charge is 0.368 e. The van der Waals surface area contributed by atoms with E-state index in [-0.39, 0.29) is 12.0 Å². The molecule has 1 amide bonds. The van der Waals surface area contributed by atoms with Crippen LogP contribution in [0.5, 0.6) is 0 Å². The zero-order valence-electron chi connectivity index (χ0n) is 10.3. The maximum atomic E-state index is 12.2. The van der Waals surface area contributed by atoms with E-state index in [1.54, 1.807) is 0 Å². The minimum absolute atomic E-state index is 0.149. The first-order chi connectivity index (χ1) is 8.24. The van der Waals surface area contributed by atoms with Gasteiger partial charge in [-0.25, -0.2) is 0 Å². The van der Waals surface area contributed by atoms with Crippen LogP contribution >= 0.6 is 0 Å². The summed E-state index contributed by atoms with van der Waals surface area (Å²) in [4.78, 5) is 14.3. The molecule has 17 heavy (non-hydrogen) atoms. The van der Waals surface area contributed by atoms with Gasteiger partial charge in [-0.15, -0.1) is 0 Å². The number of hydrogen-bond donors (Lipinski definition) is 1. The standard InChI is InChI=1S/C13H22N2O2/c14-11-4-3-9-7-15(8-10(9)6-11)13(16)12-2-1-5-17-12/h9-12H,1-8,14H2/t9-,10+,11?,12+/m1/s1. The van der Waals surface area contributed by atoms with E-state index in [1.165, 1.54) is 6.42 Å². The first-order valence-electron chi connectivity index (χ1n) is 6.90. The third-order valence-electron chi connectivity index (χ3n) is 4.61. The van der Waals surface area contributed by atoms with Crippen molar-refractivity contribution in [3.8, 4) is 0 Å². The van der Waals surface area contributed by atoms with Gasteiger partial charge in [-0.3, -0.25) is 4.79 Å². The summed E-state index contributed by atoms with van der Waals surface area (Å²) in [5.41, 5.74) is 6.01. The molecule has 1 unspecified atom stereocenters. The van der Waals surface area contributed by atoms with Crippen LogP contribution in [0.25, 0.3) is 0 Å². The molecule has 96 valence electrons. The second-order valence-corrected chi connectivity index (χ2v) is 5.84. The lowest BCUT2D eigenvalue weighted by molar-refractivity contribution is -0.140. The molecule has 1 saturated carbocycles. The van der Waals surface area contributed by atoms with Crippen LogP contribution in [0.15, 0.2) is 0 Å². The molecular weight excluding hydrogens is 216 g/mol. The monoisotopic (exact) mass is 238 g/mol. The van der Waals surface area contributed by atoms with Crippen LogP contribution in [0.4, 0.5) is 0 Å². The Hall–Kier alpha value is -0.610. The van der Waals surface area contributed by atoms with Gasteiger partial charge >= 0.3 is 0 Å². The fraction of sp³-hybridized carbons (Fsp3) is 0.923. The van der Waals surface area contributed by atoms with E-state index in [2.05, 4.69) is 0 Å². The lowest BCUT2D eigenvalue weighted by Gasteiger charge is -2.27. The second kappa shape index (κ2) is 4.58. The van der Waals surface area contributed by atoms with Gasteiger partial charge in [0, 0.05) is 25.7 Å². The maximum Gasteiger partial charge on any atom is 0.251 e. The highest BCUT2D eigenvalue weighted by atomic mass is 16.5. The average molecular weight is 238 g/mol. The molecule has 4 atom stereocenters. The number of amides is 1. The molecule has 0 aromatic rings. The summed E-state index contributed by atoms with van der Waals surface area (Å²) in [6, 6.07) is 0.356. The molecular formula is C13H22N2O2. The van der Waals surface area contributed by atoms with E-state index in [9.17, 15) is 4.79 Å². The molecule has 2 saturated heterocycles. The highest BCUT2D eigenvalue weighted by Crippen LogP contribution is 2.36. The van der Waals surface area contributed by atoms with Gasteiger partial charge in [-0.1, -0.05) is 0 Å². The van der Waals surface area contributed by atoms with E-state index in [0.29, 0.717) is 17.9 Å². The van der Waals surface area contributed by atoms with Gasteiger partial charge in [0.05, 0.1) is 0 Å². The molecule has 0 spiro atoms. The molecule has 3 rings (SSSR count). The van der Waals surface area contributed by atoms with Crippen LogP contribution in [0.1, 0.15) is 32.1 Å². The summed E-state index contributed by atoms with van der Waals surface area (Å²) in [6.07, 6.45) is 5.21. The van der Waals surface area contributed by atoms with Crippen molar-refractivity contribution < 1.29 is 9.53 Å². The van der Waals surface area contributed by atoms with Crippen LogP contribution < -0.4 is 5.73 Å². The predicted molar refractivity (Wildman–Crippen MR) is 64.4 cm³/mol. The van der Waals surface area contributed by atoms with Crippen molar-refractivity contribution in [1.82, 2.24) is 4.90 Å². The highest BCUT2D eigenvalue weighted by molar-refractivity contribution is 5.81. The van der Waals surface area contributed by atoms with Crippen molar-refractivity contribution in [2.75, 3.05) is 19.7 Å². The predicted octanol–water partition coefficient (Wildman–Crippen LogP) is 0.751. The van der Waals surface area contributed by atoms with Crippen LogP contribution in [-0.4, -0.2) is 42.6 Å². The molecule has 2 heterocycles. The van der Waals surface area contributed by atoms with E-state index in [0.717, 1.165) is 45.4 Å². The number of carbonyl (C=O) groups is 1. The number of rotatable bonds is 1. The highest BCUT2D eigenvalue weighted by Gasteiger charge is 2.40. The summed E-state index contributed by atoms with van der Waals surface area (Å²) < 4.78 is 5.49. The molecule has 0 aromatic heterocycles. The number of nitrogens with two attached hydrogens (primary N) is 1. The fourth-order valence-electron chi connectivity index (χ4n) is 3.62. The Balaban J connectivity index is 1.61. The molecule has 0 aromatic carbocycles. The first kappa shape index (κ1) is 11.5. The lowest BCUT2D eigenvalue weighted by atomic mass is 9.79. The topological polar surface area (TPSA) is 55.6 Å². The molecule has 4 nitrogen and oxygen atoms in total. The Kier molecular flexibility index (Phi) is 3.09. The number of likely N-dealkylation sites (tertiary alicyclic amines) is 1. The van der Waals surface area contributed by atoms with Gasteiger partial charge < -0.3 is 15.4 Å². The smallest absolute Gasteiger partial charge is 0.251 e. The van der Waals surface area contributed by atoms with E-state index >= 15 is 0 Å². The molecule has 3 fully saturated rings. The maximum absolute atomic E-state index is 12.2. The van der Waals surface area contributed by atoms with Crippen LogP contribution in [0.3, 0.4) is 0 Å². The third kappa shape index (κ3) is 2.20. The summed E-state index contributed by atoms with van der Waals surface area (Å²) in [5.74, 6) is 1.56. The quantitative estimate of drug-likeness (QED) is 0.733. The summed E-state index contributed by atoms with van der Waals surface area (Å²) >= 11 is 0. The number of ether oxygens (including phenoxy) is 1. The minimum atomic E-state index is -0.149. The molecule has 0 bridgehead atoms. The molecule has 0 radical (unpaired) electrons. The minimum Gasteiger partial charge on any atom is -0.368 e. The number of nitrogens with zero attached hydrogens (tertiary/aromatic N) is 1. The normalized spacial score (nSPS) is 41.6. The van der Waals surface area contributed by atoms with Crippen molar-refractivity contribution in [1.29, 1.82) is 0 Å². The zero-order chi connectivity index (χ0) is 11.8.